The van der Waals surface area contributed by atoms with Crippen molar-refractivity contribution >= 4 is 23.0 Å². The molecule has 0 saturated carbocycles. The fraction of sp³-hybridized carbons (Fsp3) is 0.393. The van der Waals surface area contributed by atoms with E-state index < -0.39 is 0 Å². The SMILES string of the molecule is Cc1ncc(C(=O)NCCN2[C@H](C)CCC[C@@H]2C)cc1NC(=O)c1cnn2cc(-c3cnn(C)c3)ccc12. The lowest BCUT2D eigenvalue weighted by molar-refractivity contribution is 0.0888. The van der Waals surface area contributed by atoms with Crippen molar-refractivity contribution < 1.29 is 9.59 Å². The van der Waals surface area contributed by atoms with Crippen molar-refractivity contribution in [2.75, 3.05) is 18.4 Å². The molecule has 2 N–H and O–H groups in total. The Balaban J connectivity index is 1.26. The van der Waals surface area contributed by atoms with E-state index in [1.165, 1.54) is 19.3 Å². The number of carbonyl (C=O) groups excluding carboxylic acids is 2. The maximum Gasteiger partial charge on any atom is 0.259 e. The van der Waals surface area contributed by atoms with E-state index in [0.29, 0.717) is 46.7 Å². The van der Waals surface area contributed by atoms with Gasteiger partial charge < -0.3 is 10.6 Å². The zero-order valence-corrected chi connectivity index (χ0v) is 22.3. The molecule has 0 spiro atoms. The molecule has 198 valence electrons. The summed E-state index contributed by atoms with van der Waals surface area (Å²) in [6.07, 6.45) is 12.3. The van der Waals surface area contributed by atoms with E-state index in [0.717, 1.165) is 17.7 Å². The molecule has 1 aliphatic rings. The first-order chi connectivity index (χ1) is 18.3. The molecule has 0 radical (unpaired) electrons. The van der Waals surface area contributed by atoms with E-state index in [1.807, 2.05) is 31.6 Å². The first-order valence-electron chi connectivity index (χ1n) is 13.1. The molecule has 38 heavy (non-hydrogen) atoms. The van der Waals surface area contributed by atoms with Crippen LogP contribution in [0.25, 0.3) is 16.6 Å². The molecule has 0 aliphatic carbocycles. The lowest BCUT2D eigenvalue weighted by Gasteiger charge is -2.39. The quantitative estimate of drug-likeness (QED) is 0.389. The summed E-state index contributed by atoms with van der Waals surface area (Å²) in [5, 5.41) is 14.5. The van der Waals surface area contributed by atoms with E-state index in [2.05, 4.69) is 44.6 Å². The van der Waals surface area contributed by atoms with Gasteiger partial charge in [0.1, 0.15) is 0 Å². The van der Waals surface area contributed by atoms with Gasteiger partial charge in [-0.15, -0.1) is 0 Å². The van der Waals surface area contributed by atoms with Gasteiger partial charge in [0, 0.05) is 61.9 Å². The molecule has 2 atom stereocenters. The second kappa shape index (κ2) is 10.7. The summed E-state index contributed by atoms with van der Waals surface area (Å²) in [7, 11) is 1.87. The molecular formula is C28H34N8O2. The summed E-state index contributed by atoms with van der Waals surface area (Å²) in [6.45, 7) is 7.67. The van der Waals surface area contributed by atoms with Crippen molar-refractivity contribution in [1.82, 2.24) is 34.6 Å². The van der Waals surface area contributed by atoms with Crippen molar-refractivity contribution in [1.29, 1.82) is 0 Å². The number of likely N-dealkylation sites (tertiary alicyclic amines) is 1. The van der Waals surface area contributed by atoms with Gasteiger partial charge in [-0.25, -0.2) is 4.52 Å². The molecule has 5 heterocycles. The molecule has 0 bridgehead atoms. The number of fused-ring (bicyclic) bond motifs is 1. The predicted molar refractivity (Wildman–Crippen MR) is 146 cm³/mol. The molecule has 2 amide bonds. The predicted octanol–water partition coefficient (Wildman–Crippen LogP) is 3.68. The van der Waals surface area contributed by atoms with E-state index in [9.17, 15) is 9.59 Å². The molecule has 0 aromatic carbocycles. The minimum absolute atomic E-state index is 0.204. The van der Waals surface area contributed by atoms with E-state index in [4.69, 9.17) is 0 Å². The number of nitrogens with one attached hydrogen (secondary N) is 2. The van der Waals surface area contributed by atoms with Gasteiger partial charge in [-0.2, -0.15) is 10.2 Å². The number of nitrogens with zero attached hydrogens (tertiary/aromatic N) is 6. The number of rotatable bonds is 7. The lowest BCUT2D eigenvalue weighted by atomic mass is 9.98. The van der Waals surface area contributed by atoms with Gasteiger partial charge in [0.15, 0.2) is 0 Å². The highest BCUT2D eigenvalue weighted by Gasteiger charge is 2.24. The van der Waals surface area contributed by atoms with Gasteiger partial charge in [0.2, 0.25) is 0 Å². The molecule has 10 heteroatoms. The smallest absolute Gasteiger partial charge is 0.259 e. The number of hydrogen-bond acceptors (Lipinski definition) is 6. The maximum absolute atomic E-state index is 13.2. The molecule has 1 fully saturated rings. The lowest BCUT2D eigenvalue weighted by Crippen LogP contribution is -2.47. The zero-order chi connectivity index (χ0) is 26.8. The topological polar surface area (TPSA) is 109 Å². The third kappa shape index (κ3) is 5.31. The largest absolute Gasteiger partial charge is 0.351 e. The maximum atomic E-state index is 13.2. The average Bonchev–Trinajstić information content (AvgIpc) is 3.53. The first kappa shape index (κ1) is 25.6. The molecule has 1 aliphatic heterocycles. The summed E-state index contributed by atoms with van der Waals surface area (Å²) >= 11 is 0. The van der Waals surface area contributed by atoms with Crippen molar-refractivity contribution in [3.63, 3.8) is 0 Å². The van der Waals surface area contributed by atoms with Crippen LogP contribution in [-0.2, 0) is 7.05 Å². The van der Waals surface area contributed by atoms with Crippen LogP contribution >= 0.6 is 0 Å². The Morgan fingerprint density at radius 2 is 1.79 bits per heavy atom. The second-order valence-corrected chi connectivity index (χ2v) is 10.1. The number of hydrogen-bond donors (Lipinski definition) is 2. The molecule has 5 rings (SSSR count). The Kier molecular flexibility index (Phi) is 7.24. The zero-order valence-electron chi connectivity index (χ0n) is 22.3. The van der Waals surface area contributed by atoms with Gasteiger partial charge in [0.25, 0.3) is 11.8 Å². The van der Waals surface area contributed by atoms with Crippen molar-refractivity contribution in [3.05, 3.63) is 66.0 Å². The van der Waals surface area contributed by atoms with Crippen molar-refractivity contribution in [3.8, 4) is 11.1 Å². The highest BCUT2D eigenvalue weighted by molar-refractivity contribution is 6.09. The fourth-order valence-electron chi connectivity index (χ4n) is 5.19. The first-order valence-corrected chi connectivity index (χ1v) is 13.1. The van der Waals surface area contributed by atoms with Gasteiger partial charge in [-0.1, -0.05) is 12.5 Å². The second-order valence-electron chi connectivity index (χ2n) is 10.1. The van der Waals surface area contributed by atoms with Gasteiger partial charge in [-0.05, 0) is 45.7 Å². The minimum atomic E-state index is -0.315. The number of piperidine rings is 1. The van der Waals surface area contributed by atoms with Crippen LogP contribution in [0.1, 0.15) is 59.5 Å². The van der Waals surface area contributed by atoms with Crippen LogP contribution < -0.4 is 10.6 Å². The van der Waals surface area contributed by atoms with E-state index >= 15 is 0 Å². The third-order valence-electron chi connectivity index (χ3n) is 7.43. The van der Waals surface area contributed by atoms with Crippen LogP contribution in [0.4, 0.5) is 5.69 Å². The number of pyridine rings is 2. The Morgan fingerprint density at radius 3 is 2.53 bits per heavy atom. The van der Waals surface area contributed by atoms with Gasteiger partial charge in [-0.3, -0.25) is 24.2 Å². The molecule has 1 saturated heterocycles. The van der Waals surface area contributed by atoms with Gasteiger partial charge >= 0.3 is 0 Å². The average molecular weight is 515 g/mol. The molecule has 4 aromatic heterocycles. The summed E-state index contributed by atoms with van der Waals surface area (Å²) in [6, 6.07) is 6.53. The Bertz CT molecular complexity index is 1460. The Morgan fingerprint density at radius 1 is 1.00 bits per heavy atom. The van der Waals surface area contributed by atoms with E-state index in [-0.39, 0.29) is 11.8 Å². The van der Waals surface area contributed by atoms with Crippen LogP contribution in [0.3, 0.4) is 0 Å². The standard InChI is InChI=1S/C28H34N8O2/c1-18-6-5-7-19(2)35(18)11-10-29-27(37)22-12-25(20(3)30-13-22)33-28(38)24-15-32-36-17-21(8-9-26(24)36)23-14-31-34(4)16-23/h8-9,12-19H,5-7,10-11H2,1-4H3,(H,29,37)(H,33,38)/t18-,19+. The number of aromatic nitrogens is 5. The number of amides is 2. The van der Waals surface area contributed by atoms with Crippen LogP contribution in [-0.4, -0.2) is 66.3 Å². The number of aryl methyl sites for hydroxylation is 2. The Labute approximate surface area is 222 Å². The minimum Gasteiger partial charge on any atom is -0.351 e. The van der Waals surface area contributed by atoms with Crippen LogP contribution in [0.15, 0.2) is 49.2 Å². The summed E-state index contributed by atoms with van der Waals surface area (Å²) < 4.78 is 3.41. The Hall–Kier alpha value is -4.05. The van der Waals surface area contributed by atoms with Crippen LogP contribution in [0.5, 0.6) is 0 Å². The highest BCUT2D eigenvalue weighted by Crippen LogP contribution is 2.23. The normalized spacial score (nSPS) is 18.0. The summed E-state index contributed by atoms with van der Waals surface area (Å²) in [5.41, 5.74) is 4.55. The van der Waals surface area contributed by atoms with Crippen LogP contribution in [0.2, 0.25) is 0 Å². The number of anilines is 1. The van der Waals surface area contributed by atoms with Crippen LogP contribution in [0, 0.1) is 6.92 Å². The number of carbonyl (C=O) groups is 2. The van der Waals surface area contributed by atoms with Crippen molar-refractivity contribution in [2.45, 2.75) is 52.1 Å². The third-order valence-corrected chi connectivity index (χ3v) is 7.43. The molecule has 0 unspecified atom stereocenters. The monoisotopic (exact) mass is 514 g/mol. The van der Waals surface area contributed by atoms with Gasteiger partial charge in [0.05, 0.1) is 40.4 Å². The summed E-state index contributed by atoms with van der Waals surface area (Å²) in [5.74, 6) is -0.520. The van der Waals surface area contributed by atoms with E-state index in [1.54, 1.807) is 40.8 Å². The molecule has 10 nitrogen and oxygen atoms in total. The van der Waals surface area contributed by atoms with Crippen molar-refractivity contribution in [2.24, 2.45) is 7.05 Å². The molecular weight excluding hydrogens is 480 g/mol. The summed E-state index contributed by atoms with van der Waals surface area (Å²) in [4.78, 5) is 32.8. The highest BCUT2D eigenvalue weighted by atomic mass is 16.2. The fourth-order valence-corrected chi connectivity index (χ4v) is 5.19. The molecule has 4 aromatic rings.